The monoisotopic (exact) mass is 267 g/mol. The minimum atomic E-state index is 1.04. The molecule has 0 bridgehead atoms. The van der Waals surface area contributed by atoms with Crippen molar-refractivity contribution in [3.8, 4) is 0 Å². The second-order valence-corrected chi connectivity index (χ2v) is 5.39. The molecule has 1 nitrogen and oxygen atoms in total. The summed E-state index contributed by atoms with van der Waals surface area (Å²) in [6.45, 7) is 5.52. The van der Waals surface area contributed by atoms with Crippen molar-refractivity contribution < 1.29 is 0 Å². The van der Waals surface area contributed by atoms with Crippen molar-refractivity contribution in [2.24, 2.45) is 0 Å². The molecule has 0 N–H and O–H groups in total. The highest BCUT2D eigenvalue weighted by Gasteiger charge is 2.06. The van der Waals surface area contributed by atoms with Gasteiger partial charge in [-0.2, -0.15) is 0 Å². The quantitative estimate of drug-likeness (QED) is 0.616. The summed E-state index contributed by atoms with van der Waals surface area (Å²) in [6, 6.07) is 21.6. The zero-order chi connectivity index (χ0) is 14.0. The normalized spacial score (nSPS) is 10.9. The first-order chi connectivity index (χ1) is 9.88. The van der Waals surface area contributed by atoms with Crippen LogP contribution < -0.4 is 0 Å². The lowest BCUT2D eigenvalue weighted by Crippen LogP contribution is -2.24. The average molecular weight is 267 g/mol. The standard InChI is InChI=1S/C19H25N/c1-2-3-10-15-20(16-18-11-6-4-7-12-18)17-19-13-8-5-9-14-19/h4-9,11-14H,2-3,10,15-17H2,1H3. The van der Waals surface area contributed by atoms with Crippen LogP contribution in [0.15, 0.2) is 60.7 Å². The van der Waals surface area contributed by atoms with E-state index in [1.165, 1.54) is 36.9 Å². The Morgan fingerprint density at radius 1 is 0.700 bits per heavy atom. The van der Waals surface area contributed by atoms with E-state index in [1.54, 1.807) is 0 Å². The summed E-state index contributed by atoms with van der Waals surface area (Å²) in [5.74, 6) is 0. The van der Waals surface area contributed by atoms with Crippen molar-refractivity contribution in [3.05, 3.63) is 71.8 Å². The van der Waals surface area contributed by atoms with E-state index in [-0.39, 0.29) is 0 Å². The molecule has 0 aliphatic rings. The van der Waals surface area contributed by atoms with Gasteiger partial charge in [0.1, 0.15) is 0 Å². The number of nitrogens with zero attached hydrogens (tertiary/aromatic N) is 1. The van der Waals surface area contributed by atoms with Gasteiger partial charge in [0.05, 0.1) is 0 Å². The van der Waals surface area contributed by atoms with Gasteiger partial charge in [-0.1, -0.05) is 80.4 Å². The lowest BCUT2D eigenvalue weighted by Gasteiger charge is -2.22. The molecule has 2 rings (SSSR count). The number of unbranched alkanes of at least 4 members (excludes halogenated alkanes) is 2. The Bertz CT molecular complexity index is 422. The maximum atomic E-state index is 2.56. The maximum absolute atomic E-state index is 2.56. The molecule has 0 fully saturated rings. The largest absolute Gasteiger partial charge is 0.295 e. The third kappa shape index (κ3) is 5.18. The van der Waals surface area contributed by atoms with E-state index in [2.05, 4.69) is 72.5 Å². The molecular weight excluding hydrogens is 242 g/mol. The van der Waals surface area contributed by atoms with Gasteiger partial charge in [-0.05, 0) is 24.1 Å². The molecule has 0 spiro atoms. The van der Waals surface area contributed by atoms with Crippen LogP contribution in [0.3, 0.4) is 0 Å². The van der Waals surface area contributed by atoms with Crippen molar-refractivity contribution in [3.63, 3.8) is 0 Å². The van der Waals surface area contributed by atoms with Gasteiger partial charge in [0.2, 0.25) is 0 Å². The zero-order valence-corrected chi connectivity index (χ0v) is 12.5. The third-order valence-corrected chi connectivity index (χ3v) is 3.58. The first kappa shape index (κ1) is 14.8. The molecular formula is C19H25N. The van der Waals surface area contributed by atoms with Crippen LogP contribution in [0.2, 0.25) is 0 Å². The number of hydrogen-bond donors (Lipinski definition) is 0. The summed E-state index contributed by atoms with van der Waals surface area (Å²) in [5, 5.41) is 0. The zero-order valence-electron chi connectivity index (χ0n) is 12.5. The molecule has 0 atom stereocenters. The van der Waals surface area contributed by atoms with E-state index in [9.17, 15) is 0 Å². The van der Waals surface area contributed by atoms with E-state index in [0.717, 1.165) is 13.1 Å². The lowest BCUT2D eigenvalue weighted by molar-refractivity contribution is 0.251. The van der Waals surface area contributed by atoms with E-state index in [4.69, 9.17) is 0 Å². The lowest BCUT2D eigenvalue weighted by atomic mass is 10.1. The van der Waals surface area contributed by atoms with Crippen molar-refractivity contribution >= 4 is 0 Å². The van der Waals surface area contributed by atoms with Crippen molar-refractivity contribution in [2.45, 2.75) is 39.3 Å². The molecule has 0 unspecified atom stereocenters. The fourth-order valence-electron chi connectivity index (χ4n) is 2.48. The summed E-state index contributed by atoms with van der Waals surface area (Å²) in [7, 11) is 0. The topological polar surface area (TPSA) is 3.24 Å². The van der Waals surface area contributed by atoms with Gasteiger partial charge in [-0.25, -0.2) is 0 Å². The van der Waals surface area contributed by atoms with Gasteiger partial charge in [0, 0.05) is 13.1 Å². The molecule has 106 valence electrons. The summed E-state index contributed by atoms with van der Waals surface area (Å²) in [5.41, 5.74) is 2.81. The fourth-order valence-corrected chi connectivity index (χ4v) is 2.48. The average Bonchev–Trinajstić information content (AvgIpc) is 2.49. The van der Waals surface area contributed by atoms with Crippen LogP contribution in [-0.2, 0) is 13.1 Å². The Kier molecular flexibility index (Phi) is 6.33. The highest BCUT2D eigenvalue weighted by Crippen LogP contribution is 2.11. The molecule has 20 heavy (non-hydrogen) atoms. The van der Waals surface area contributed by atoms with Crippen molar-refractivity contribution in [1.29, 1.82) is 0 Å². The van der Waals surface area contributed by atoms with Gasteiger partial charge < -0.3 is 0 Å². The molecule has 0 radical (unpaired) electrons. The molecule has 0 heterocycles. The van der Waals surface area contributed by atoms with E-state index in [1.807, 2.05) is 0 Å². The van der Waals surface area contributed by atoms with Crippen LogP contribution in [0, 0.1) is 0 Å². The van der Waals surface area contributed by atoms with Gasteiger partial charge in [-0.3, -0.25) is 4.90 Å². The van der Waals surface area contributed by atoms with Crippen LogP contribution in [0.4, 0.5) is 0 Å². The molecule has 0 aliphatic heterocycles. The minimum Gasteiger partial charge on any atom is -0.295 e. The number of rotatable bonds is 8. The van der Waals surface area contributed by atoms with Gasteiger partial charge in [-0.15, -0.1) is 0 Å². The Hall–Kier alpha value is -1.60. The van der Waals surface area contributed by atoms with Crippen LogP contribution in [-0.4, -0.2) is 11.4 Å². The molecule has 2 aromatic rings. The predicted molar refractivity (Wildman–Crippen MR) is 86.5 cm³/mol. The second-order valence-electron chi connectivity index (χ2n) is 5.39. The predicted octanol–water partition coefficient (Wildman–Crippen LogP) is 4.88. The Morgan fingerprint density at radius 3 is 1.65 bits per heavy atom. The SMILES string of the molecule is CCCCCN(Cc1ccccc1)Cc1ccccc1. The Morgan fingerprint density at radius 2 is 1.20 bits per heavy atom. The summed E-state index contributed by atoms with van der Waals surface area (Å²) >= 11 is 0. The highest BCUT2D eigenvalue weighted by atomic mass is 15.1. The third-order valence-electron chi connectivity index (χ3n) is 3.58. The summed E-state index contributed by atoms with van der Waals surface area (Å²) < 4.78 is 0. The van der Waals surface area contributed by atoms with Crippen LogP contribution in [0.5, 0.6) is 0 Å². The smallest absolute Gasteiger partial charge is 0.0237 e. The van der Waals surface area contributed by atoms with Crippen molar-refractivity contribution in [2.75, 3.05) is 6.54 Å². The van der Waals surface area contributed by atoms with Gasteiger partial charge >= 0.3 is 0 Å². The Labute approximate surface area is 123 Å². The number of hydrogen-bond acceptors (Lipinski definition) is 1. The molecule has 0 aromatic heterocycles. The van der Waals surface area contributed by atoms with Crippen molar-refractivity contribution in [1.82, 2.24) is 4.90 Å². The second kappa shape index (κ2) is 8.55. The number of benzene rings is 2. The molecule has 2 aromatic carbocycles. The highest BCUT2D eigenvalue weighted by molar-refractivity contribution is 5.17. The molecule has 0 saturated carbocycles. The molecule has 1 heteroatoms. The molecule has 0 amide bonds. The summed E-state index contributed by atoms with van der Waals surface area (Å²) in [4.78, 5) is 2.56. The Balaban J connectivity index is 1.96. The minimum absolute atomic E-state index is 1.04. The fraction of sp³-hybridized carbons (Fsp3) is 0.368. The van der Waals surface area contributed by atoms with Gasteiger partial charge in [0.25, 0.3) is 0 Å². The van der Waals surface area contributed by atoms with E-state index in [0.29, 0.717) is 0 Å². The first-order valence-corrected chi connectivity index (χ1v) is 7.68. The maximum Gasteiger partial charge on any atom is 0.0237 e. The molecule has 0 aliphatic carbocycles. The van der Waals surface area contributed by atoms with Gasteiger partial charge in [0.15, 0.2) is 0 Å². The van der Waals surface area contributed by atoms with E-state index >= 15 is 0 Å². The van der Waals surface area contributed by atoms with Crippen LogP contribution >= 0.6 is 0 Å². The van der Waals surface area contributed by atoms with Crippen LogP contribution in [0.25, 0.3) is 0 Å². The van der Waals surface area contributed by atoms with Crippen LogP contribution in [0.1, 0.15) is 37.3 Å². The van der Waals surface area contributed by atoms with E-state index < -0.39 is 0 Å². The molecule has 0 saturated heterocycles. The summed E-state index contributed by atoms with van der Waals surface area (Å²) in [6.07, 6.45) is 3.89. The first-order valence-electron chi connectivity index (χ1n) is 7.68.